The van der Waals surface area contributed by atoms with Gasteiger partial charge < -0.3 is 25.4 Å². The molecular weight excluding hydrogens is 410 g/mol. The number of amides is 3. The van der Waals surface area contributed by atoms with E-state index in [9.17, 15) is 19.5 Å². The summed E-state index contributed by atoms with van der Waals surface area (Å²) in [4.78, 5) is 42.2. The van der Waals surface area contributed by atoms with Gasteiger partial charge in [0.15, 0.2) is 0 Å². The van der Waals surface area contributed by atoms with Gasteiger partial charge in [0, 0.05) is 25.7 Å². The van der Waals surface area contributed by atoms with Crippen LogP contribution < -0.4 is 10.6 Å². The van der Waals surface area contributed by atoms with E-state index in [4.69, 9.17) is 4.74 Å². The van der Waals surface area contributed by atoms with Crippen LogP contribution in [0.25, 0.3) is 0 Å². The van der Waals surface area contributed by atoms with E-state index < -0.39 is 29.1 Å². The molecule has 3 aliphatic heterocycles. The molecule has 0 aromatic heterocycles. The maximum Gasteiger partial charge on any atom is 0.246 e. The number of hydrogen-bond donors (Lipinski definition) is 3. The van der Waals surface area contributed by atoms with Crippen LogP contribution in [-0.4, -0.2) is 70.7 Å². The minimum absolute atomic E-state index is 0.0479. The first-order valence-corrected chi connectivity index (χ1v) is 12.5. The normalized spacial score (nSPS) is 38.8. The molecule has 6 atom stereocenters. The van der Waals surface area contributed by atoms with Gasteiger partial charge in [0.05, 0.1) is 17.4 Å². The van der Waals surface area contributed by atoms with E-state index in [1.807, 2.05) is 13.8 Å². The van der Waals surface area contributed by atoms with Gasteiger partial charge in [-0.15, -0.1) is 0 Å². The second-order valence-corrected chi connectivity index (χ2v) is 10.4. The lowest BCUT2D eigenvalue weighted by atomic mass is 9.62. The number of nitrogens with one attached hydrogen (secondary N) is 2. The smallest absolute Gasteiger partial charge is 0.246 e. The van der Waals surface area contributed by atoms with Gasteiger partial charge in [-0.05, 0) is 44.9 Å². The van der Waals surface area contributed by atoms with E-state index in [1.165, 1.54) is 6.42 Å². The van der Waals surface area contributed by atoms with Crippen molar-refractivity contribution < 1.29 is 24.2 Å². The molecule has 1 aliphatic carbocycles. The fourth-order valence-corrected chi connectivity index (χ4v) is 6.81. The summed E-state index contributed by atoms with van der Waals surface area (Å²) < 4.78 is 6.65. The first kappa shape index (κ1) is 23.5. The summed E-state index contributed by atoms with van der Waals surface area (Å²) in [5.41, 5.74) is -1.77. The van der Waals surface area contributed by atoms with Crippen LogP contribution in [-0.2, 0) is 19.1 Å². The number of likely N-dealkylation sites (tertiary alicyclic amines) is 1. The van der Waals surface area contributed by atoms with E-state index in [0.717, 1.165) is 32.1 Å². The molecule has 0 radical (unpaired) electrons. The van der Waals surface area contributed by atoms with Crippen LogP contribution in [0.4, 0.5) is 0 Å². The van der Waals surface area contributed by atoms with Crippen LogP contribution in [0.1, 0.15) is 72.1 Å². The fourth-order valence-electron chi connectivity index (χ4n) is 6.81. The lowest BCUT2D eigenvalue weighted by molar-refractivity contribution is -0.148. The second-order valence-electron chi connectivity index (χ2n) is 10.4. The molecule has 0 aromatic rings. The van der Waals surface area contributed by atoms with E-state index >= 15 is 0 Å². The highest BCUT2D eigenvalue weighted by Gasteiger charge is 2.79. The zero-order valence-corrected chi connectivity index (χ0v) is 19.7. The van der Waals surface area contributed by atoms with Gasteiger partial charge in [-0.3, -0.25) is 14.4 Å². The standard InChI is InChI=1S/C24H39N3O5/c1-4-11-25-20(29)17-18-22(31)27(12-8-13-28)19(21(30)26-16-9-6-5-7-10-16)24(18)14-15(2)23(17,3)32-24/h15-19,28H,4-14H2,1-3H3,(H,25,29)(H,26,30)/t15?,17-,18+,19?,23+,24?/m1/s1. The molecule has 2 bridgehead atoms. The molecular formula is C24H39N3O5. The number of carbonyl (C=O) groups excluding carboxylic acids is 3. The summed E-state index contributed by atoms with van der Waals surface area (Å²) in [6.07, 6.45) is 7.08. The maximum atomic E-state index is 13.7. The Morgan fingerprint density at radius 2 is 1.94 bits per heavy atom. The third-order valence-electron chi connectivity index (χ3n) is 8.40. The van der Waals surface area contributed by atoms with Crippen molar-refractivity contribution in [1.82, 2.24) is 15.5 Å². The predicted molar refractivity (Wildman–Crippen MR) is 119 cm³/mol. The van der Waals surface area contributed by atoms with Crippen LogP contribution in [0.2, 0.25) is 0 Å². The highest BCUT2D eigenvalue weighted by Crippen LogP contribution is 2.65. The van der Waals surface area contributed by atoms with Gasteiger partial charge in [0.25, 0.3) is 0 Å². The molecule has 4 rings (SSSR count). The Balaban J connectivity index is 1.68. The summed E-state index contributed by atoms with van der Waals surface area (Å²) in [6.45, 7) is 6.76. The first-order chi connectivity index (χ1) is 15.3. The Hall–Kier alpha value is -1.67. The van der Waals surface area contributed by atoms with E-state index in [-0.39, 0.29) is 42.8 Å². The zero-order valence-electron chi connectivity index (χ0n) is 19.7. The third kappa shape index (κ3) is 3.54. The average Bonchev–Trinajstić information content (AvgIpc) is 3.28. The van der Waals surface area contributed by atoms with Crippen molar-refractivity contribution in [3.8, 4) is 0 Å². The lowest BCUT2D eigenvalue weighted by Crippen LogP contribution is -2.57. The molecule has 3 saturated heterocycles. The molecule has 4 aliphatic rings. The molecule has 3 N–H and O–H groups in total. The predicted octanol–water partition coefficient (Wildman–Crippen LogP) is 1.35. The number of aliphatic hydroxyl groups excluding tert-OH is 1. The highest BCUT2D eigenvalue weighted by molar-refractivity contribution is 5.99. The van der Waals surface area contributed by atoms with Crippen molar-refractivity contribution in [3.05, 3.63) is 0 Å². The molecule has 180 valence electrons. The number of carbonyl (C=O) groups is 3. The number of ether oxygens (including phenoxy) is 1. The number of hydrogen-bond acceptors (Lipinski definition) is 5. The van der Waals surface area contributed by atoms with Crippen molar-refractivity contribution in [3.63, 3.8) is 0 Å². The molecule has 3 unspecified atom stereocenters. The monoisotopic (exact) mass is 449 g/mol. The lowest BCUT2D eigenvalue weighted by Gasteiger charge is -2.36. The fraction of sp³-hybridized carbons (Fsp3) is 0.875. The molecule has 3 amide bonds. The van der Waals surface area contributed by atoms with Gasteiger partial charge in [-0.2, -0.15) is 0 Å². The molecule has 1 saturated carbocycles. The van der Waals surface area contributed by atoms with E-state index in [2.05, 4.69) is 17.6 Å². The average molecular weight is 450 g/mol. The Labute approximate surface area is 190 Å². The van der Waals surface area contributed by atoms with Crippen molar-refractivity contribution in [2.45, 2.75) is 95.4 Å². The van der Waals surface area contributed by atoms with Gasteiger partial charge in [0.2, 0.25) is 17.7 Å². The van der Waals surface area contributed by atoms with Crippen LogP contribution in [0.15, 0.2) is 0 Å². The van der Waals surface area contributed by atoms with Crippen LogP contribution in [0.3, 0.4) is 0 Å². The van der Waals surface area contributed by atoms with E-state index in [0.29, 0.717) is 19.4 Å². The summed E-state index contributed by atoms with van der Waals surface area (Å²) >= 11 is 0. The first-order valence-electron chi connectivity index (χ1n) is 12.5. The molecule has 0 aromatic carbocycles. The van der Waals surface area contributed by atoms with Gasteiger partial charge in [-0.25, -0.2) is 0 Å². The summed E-state index contributed by atoms with van der Waals surface area (Å²) in [7, 11) is 0. The number of aliphatic hydroxyl groups is 1. The van der Waals surface area contributed by atoms with Gasteiger partial charge in [-0.1, -0.05) is 33.1 Å². The quantitative estimate of drug-likeness (QED) is 0.519. The van der Waals surface area contributed by atoms with Crippen molar-refractivity contribution in [2.24, 2.45) is 17.8 Å². The van der Waals surface area contributed by atoms with Gasteiger partial charge in [0.1, 0.15) is 11.6 Å². The summed E-state index contributed by atoms with van der Waals surface area (Å²) in [5, 5.41) is 15.6. The van der Waals surface area contributed by atoms with E-state index in [1.54, 1.807) is 4.90 Å². The molecule has 3 heterocycles. The summed E-state index contributed by atoms with van der Waals surface area (Å²) in [5.74, 6) is -1.75. The van der Waals surface area contributed by atoms with Crippen LogP contribution in [0.5, 0.6) is 0 Å². The Kier molecular flexibility index (Phi) is 6.56. The minimum atomic E-state index is -0.992. The topological polar surface area (TPSA) is 108 Å². The zero-order chi connectivity index (χ0) is 23.1. The second kappa shape index (κ2) is 8.93. The minimum Gasteiger partial charge on any atom is -0.396 e. The van der Waals surface area contributed by atoms with Gasteiger partial charge >= 0.3 is 0 Å². The van der Waals surface area contributed by atoms with Crippen molar-refractivity contribution in [1.29, 1.82) is 0 Å². The van der Waals surface area contributed by atoms with Crippen LogP contribution >= 0.6 is 0 Å². The SMILES string of the molecule is CCCNC(=O)[C@H]1[C@H]2C(=O)N(CCCO)C(C(=O)NC3CCCCC3)C23CC(C)[C@]1(C)O3. The third-order valence-corrected chi connectivity index (χ3v) is 8.40. The molecule has 1 spiro atoms. The highest BCUT2D eigenvalue weighted by atomic mass is 16.5. The number of rotatable bonds is 8. The Bertz CT molecular complexity index is 754. The van der Waals surface area contributed by atoms with Crippen molar-refractivity contribution in [2.75, 3.05) is 19.7 Å². The largest absolute Gasteiger partial charge is 0.396 e. The maximum absolute atomic E-state index is 13.7. The molecule has 32 heavy (non-hydrogen) atoms. The molecule has 4 fully saturated rings. The Morgan fingerprint density at radius 3 is 2.59 bits per heavy atom. The molecule has 8 heteroatoms. The summed E-state index contributed by atoms with van der Waals surface area (Å²) in [6, 6.07) is -0.640. The molecule has 8 nitrogen and oxygen atoms in total. The van der Waals surface area contributed by atoms with Crippen LogP contribution in [0, 0.1) is 17.8 Å². The Morgan fingerprint density at radius 1 is 1.22 bits per heavy atom. The van der Waals surface area contributed by atoms with Crippen molar-refractivity contribution >= 4 is 17.7 Å². The number of nitrogens with zero attached hydrogens (tertiary/aromatic N) is 1. The number of fused-ring (bicyclic) bond motifs is 1.